The van der Waals surface area contributed by atoms with Crippen molar-refractivity contribution in [3.05, 3.63) is 28.2 Å². The van der Waals surface area contributed by atoms with Gasteiger partial charge in [0.1, 0.15) is 4.90 Å². The van der Waals surface area contributed by atoms with Crippen molar-refractivity contribution in [2.24, 2.45) is 5.92 Å². The molecule has 5 nitrogen and oxygen atoms in total. The summed E-state index contributed by atoms with van der Waals surface area (Å²) in [5.41, 5.74) is 0. The maximum absolute atomic E-state index is 12.3. The molecule has 0 amide bonds. The van der Waals surface area contributed by atoms with Gasteiger partial charge in [-0.2, -0.15) is 0 Å². The summed E-state index contributed by atoms with van der Waals surface area (Å²) in [6, 6.07) is 3.68. The van der Waals surface area contributed by atoms with Gasteiger partial charge >= 0.3 is 5.97 Å². The summed E-state index contributed by atoms with van der Waals surface area (Å²) >= 11 is 11.7. The second kappa shape index (κ2) is 5.89. The fourth-order valence-corrected chi connectivity index (χ4v) is 4.01. The molecular weight excluding hydrogens is 325 g/mol. The predicted molar refractivity (Wildman–Crippen MR) is 75.5 cm³/mol. The van der Waals surface area contributed by atoms with Crippen molar-refractivity contribution in [2.75, 3.05) is 0 Å². The van der Waals surface area contributed by atoms with Crippen LogP contribution >= 0.6 is 23.2 Å². The van der Waals surface area contributed by atoms with Gasteiger partial charge in [0.15, 0.2) is 0 Å². The van der Waals surface area contributed by atoms with Gasteiger partial charge in [0, 0.05) is 6.04 Å². The first-order valence-electron chi connectivity index (χ1n) is 5.99. The number of aliphatic carboxylic acids is 1. The van der Waals surface area contributed by atoms with Crippen LogP contribution in [0.2, 0.25) is 10.0 Å². The van der Waals surface area contributed by atoms with Crippen LogP contribution in [0.4, 0.5) is 0 Å². The minimum atomic E-state index is -3.89. The fourth-order valence-electron chi connectivity index (χ4n) is 1.95. The lowest BCUT2D eigenvalue weighted by molar-refractivity contribution is -0.137. The maximum atomic E-state index is 12.3. The van der Waals surface area contributed by atoms with Gasteiger partial charge in [0.25, 0.3) is 0 Å². The molecule has 0 bridgehead atoms. The molecule has 1 saturated carbocycles. The van der Waals surface area contributed by atoms with E-state index in [0.717, 1.165) is 12.8 Å². The predicted octanol–water partition coefficient (Wildman–Crippen LogP) is 2.53. The second-order valence-corrected chi connectivity index (χ2v) is 7.18. The van der Waals surface area contributed by atoms with E-state index in [-0.39, 0.29) is 27.3 Å². The fraction of sp³-hybridized carbons (Fsp3) is 0.417. The molecule has 1 aliphatic rings. The van der Waals surface area contributed by atoms with Gasteiger partial charge in [-0.05, 0) is 30.9 Å². The highest BCUT2D eigenvalue weighted by molar-refractivity contribution is 7.89. The van der Waals surface area contributed by atoms with Gasteiger partial charge in [0.05, 0.1) is 16.5 Å². The Bertz CT molecular complexity index is 628. The molecule has 1 atom stereocenters. The monoisotopic (exact) mass is 337 g/mol. The highest BCUT2D eigenvalue weighted by Crippen LogP contribution is 2.35. The number of carboxylic acids is 1. The zero-order chi connectivity index (χ0) is 14.9. The molecule has 0 aromatic heterocycles. The van der Waals surface area contributed by atoms with Crippen LogP contribution in [0, 0.1) is 5.92 Å². The quantitative estimate of drug-likeness (QED) is 0.835. The largest absolute Gasteiger partial charge is 0.481 e. The lowest BCUT2D eigenvalue weighted by atomic mass is 10.1. The molecule has 1 aromatic rings. The van der Waals surface area contributed by atoms with Crippen LogP contribution < -0.4 is 4.72 Å². The zero-order valence-corrected chi connectivity index (χ0v) is 12.7. The number of rotatable bonds is 6. The zero-order valence-electron chi connectivity index (χ0n) is 10.3. The van der Waals surface area contributed by atoms with Crippen LogP contribution in [0.1, 0.15) is 19.3 Å². The third-order valence-electron chi connectivity index (χ3n) is 3.10. The molecule has 0 radical (unpaired) electrons. The van der Waals surface area contributed by atoms with E-state index in [1.54, 1.807) is 0 Å². The standard InChI is InChI=1S/C12H13Cl2NO4S/c13-8-2-1-3-10(12(8)14)20(18,19)15-9(6-11(16)17)7-4-5-7/h1-3,7,9,15H,4-6H2,(H,16,17). The molecule has 2 rings (SSSR count). The first-order valence-corrected chi connectivity index (χ1v) is 8.23. The van der Waals surface area contributed by atoms with E-state index in [0.29, 0.717) is 0 Å². The lowest BCUT2D eigenvalue weighted by Gasteiger charge is -2.17. The van der Waals surface area contributed by atoms with Crippen LogP contribution in [0.25, 0.3) is 0 Å². The SMILES string of the molecule is O=C(O)CC(NS(=O)(=O)c1cccc(Cl)c1Cl)C1CC1. The summed E-state index contributed by atoms with van der Waals surface area (Å²) in [6.07, 6.45) is 1.40. The Morgan fingerprint density at radius 2 is 2.05 bits per heavy atom. The minimum Gasteiger partial charge on any atom is -0.481 e. The summed E-state index contributed by atoms with van der Waals surface area (Å²) in [5, 5.41) is 8.92. The van der Waals surface area contributed by atoms with Crippen LogP contribution in [0.3, 0.4) is 0 Å². The Kier molecular flexibility index (Phi) is 4.59. The molecule has 20 heavy (non-hydrogen) atoms. The van der Waals surface area contributed by atoms with Crippen molar-refractivity contribution in [3.63, 3.8) is 0 Å². The molecule has 0 spiro atoms. The van der Waals surface area contributed by atoms with Crippen molar-refractivity contribution in [1.29, 1.82) is 0 Å². The number of sulfonamides is 1. The third-order valence-corrected chi connectivity index (χ3v) is 5.56. The molecule has 8 heteroatoms. The van der Waals surface area contributed by atoms with Gasteiger partial charge < -0.3 is 5.11 Å². The van der Waals surface area contributed by atoms with Gasteiger partial charge in [-0.1, -0.05) is 29.3 Å². The Balaban J connectivity index is 2.25. The summed E-state index contributed by atoms with van der Waals surface area (Å²) in [5.74, 6) is -0.972. The lowest BCUT2D eigenvalue weighted by Crippen LogP contribution is -2.38. The molecular formula is C12H13Cl2NO4S. The van der Waals surface area contributed by atoms with E-state index >= 15 is 0 Å². The van der Waals surface area contributed by atoms with Crippen LogP contribution in [0.15, 0.2) is 23.1 Å². The van der Waals surface area contributed by atoms with Gasteiger partial charge in [-0.25, -0.2) is 13.1 Å². The number of halogens is 2. The van der Waals surface area contributed by atoms with Crippen molar-refractivity contribution in [1.82, 2.24) is 4.72 Å². The molecule has 0 heterocycles. The van der Waals surface area contributed by atoms with Gasteiger partial charge in [-0.3, -0.25) is 4.79 Å². The summed E-state index contributed by atoms with van der Waals surface area (Å²) < 4.78 is 27.0. The first-order chi connectivity index (χ1) is 9.31. The van der Waals surface area contributed by atoms with E-state index in [4.69, 9.17) is 28.3 Å². The van der Waals surface area contributed by atoms with Crippen LogP contribution in [-0.2, 0) is 14.8 Å². The number of benzene rings is 1. The van der Waals surface area contributed by atoms with Crippen molar-refractivity contribution in [2.45, 2.75) is 30.2 Å². The average molecular weight is 338 g/mol. The van der Waals surface area contributed by atoms with Crippen molar-refractivity contribution < 1.29 is 18.3 Å². The van der Waals surface area contributed by atoms with Crippen molar-refractivity contribution >= 4 is 39.2 Å². The van der Waals surface area contributed by atoms with Gasteiger partial charge in [0.2, 0.25) is 10.0 Å². The van der Waals surface area contributed by atoms with Crippen LogP contribution in [-0.4, -0.2) is 25.5 Å². The molecule has 1 fully saturated rings. The first kappa shape index (κ1) is 15.6. The van der Waals surface area contributed by atoms with Crippen molar-refractivity contribution in [3.8, 4) is 0 Å². The van der Waals surface area contributed by atoms with Gasteiger partial charge in [-0.15, -0.1) is 0 Å². The Morgan fingerprint density at radius 1 is 1.40 bits per heavy atom. The van der Waals surface area contributed by atoms with Crippen LogP contribution in [0.5, 0.6) is 0 Å². The third kappa shape index (κ3) is 3.63. The van der Waals surface area contributed by atoms with E-state index in [2.05, 4.69) is 4.72 Å². The molecule has 1 aromatic carbocycles. The normalized spacial score (nSPS) is 16.9. The number of carbonyl (C=O) groups is 1. The minimum absolute atomic E-state index is 0.0634. The summed E-state index contributed by atoms with van der Waals surface area (Å²) in [7, 11) is -3.89. The Hall–Kier alpha value is -0.820. The molecule has 1 unspecified atom stereocenters. The topological polar surface area (TPSA) is 83.5 Å². The van der Waals surface area contributed by atoms with E-state index < -0.39 is 22.0 Å². The molecule has 2 N–H and O–H groups in total. The highest BCUT2D eigenvalue weighted by atomic mass is 35.5. The molecule has 0 aliphatic heterocycles. The molecule has 110 valence electrons. The number of hydrogen-bond donors (Lipinski definition) is 2. The van der Waals surface area contributed by atoms with E-state index in [9.17, 15) is 13.2 Å². The maximum Gasteiger partial charge on any atom is 0.304 e. The van der Waals surface area contributed by atoms with E-state index in [1.807, 2.05) is 0 Å². The average Bonchev–Trinajstić information content (AvgIpc) is 3.14. The number of nitrogens with one attached hydrogen (secondary N) is 1. The highest BCUT2D eigenvalue weighted by Gasteiger charge is 2.36. The number of carboxylic acid groups (broad SMARTS) is 1. The summed E-state index contributed by atoms with van der Waals surface area (Å²) in [6.45, 7) is 0. The smallest absolute Gasteiger partial charge is 0.304 e. The van der Waals surface area contributed by atoms with E-state index in [1.165, 1.54) is 18.2 Å². The number of hydrogen-bond acceptors (Lipinski definition) is 3. The summed E-state index contributed by atoms with van der Waals surface area (Å²) in [4.78, 5) is 10.7. The Labute approximate surface area is 126 Å². The Morgan fingerprint density at radius 3 is 2.60 bits per heavy atom. The molecule has 1 aliphatic carbocycles. The second-order valence-electron chi connectivity index (χ2n) is 4.72. The molecule has 0 saturated heterocycles.